The molecular weight excluding hydrogens is 276 g/mol. The van der Waals surface area contributed by atoms with E-state index in [1.807, 2.05) is 20.8 Å². The topological polar surface area (TPSA) is 102 Å². The van der Waals surface area contributed by atoms with Crippen molar-refractivity contribution in [1.29, 1.82) is 0 Å². The molecule has 7 nitrogen and oxygen atoms in total. The van der Waals surface area contributed by atoms with Crippen molar-refractivity contribution in [1.82, 2.24) is 0 Å². The minimum absolute atomic E-state index is 0.0909. The van der Waals surface area contributed by atoms with Gasteiger partial charge in [-0.1, -0.05) is 20.8 Å². The largest absolute Gasteiger partial charge is 0.502 e. The Balaban J connectivity index is 2.36. The number of phenols is 1. The zero-order valence-corrected chi connectivity index (χ0v) is 11.8. The van der Waals surface area contributed by atoms with Gasteiger partial charge >= 0.3 is 11.7 Å². The molecule has 0 aromatic heterocycles. The minimum Gasteiger partial charge on any atom is -0.502 e. The fourth-order valence-electron chi connectivity index (χ4n) is 1.67. The van der Waals surface area contributed by atoms with Crippen molar-refractivity contribution in [3.05, 3.63) is 39.6 Å². The maximum absolute atomic E-state index is 11.7. The van der Waals surface area contributed by atoms with E-state index < -0.39 is 27.7 Å². The molecule has 0 saturated heterocycles. The third kappa shape index (κ3) is 3.07. The second-order valence-electron chi connectivity index (χ2n) is 5.59. The number of hydrogen-bond donors (Lipinski definition) is 1. The van der Waals surface area contributed by atoms with Crippen LogP contribution in [0.4, 0.5) is 5.69 Å². The molecule has 21 heavy (non-hydrogen) atoms. The van der Waals surface area contributed by atoms with Crippen LogP contribution in [0.15, 0.2) is 28.9 Å². The van der Waals surface area contributed by atoms with Gasteiger partial charge in [0.05, 0.1) is 4.92 Å². The number of carbonyl (C=O) groups is 1. The van der Waals surface area contributed by atoms with Crippen LogP contribution in [0.1, 0.15) is 26.3 Å². The molecule has 1 N–H and O–H groups in total. The summed E-state index contributed by atoms with van der Waals surface area (Å²) in [6.07, 6.45) is 1.41. The molecule has 0 radical (unpaired) electrons. The lowest BCUT2D eigenvalue weighted by Crippen LogP contribution is -2.21. The van der Waals surface area contributed by atoms with Crippen molar-refractivity contribution >= 4 is 23.6 Å². The molecule has 7 heteroatoms. The summed E-state index contributed by atoms with van der Waals surface area (Å²) in [5.41, 5.74) is -0.287. The average Bonchev–Trinajstić information content (AvgIpc) is 2.70. The van der Waals surface area contributed by atoms with Crippen LogP contribution in [0.3, 0.4) is 0 Å². The highest BCUT2D eigenvalue weighted by Crippen LogP contribution is 2.29. The van der Waals surface area contributed by atoms with E-state index in [2.05, 4.69) is 4.99 Å². The number of ether oxygens (including phenoxy) is 1. The number of rotatable bonds is 2. The van der Waals surface area contributed by atoms with Crippen LogP contribution in [0.5, 0.6) is 5.75 Å². The molecule has 1 heterocycles. The van der Waals surface area contributed by atoms with E-state index in [0.717, 1.165) is 6.07 Å². The summed E-state index contributed by atoms with van der Waals surface area (Å²) in [7, 11) is 0. The predicted molar refractivity (Wildman–Crippen MR) is 75.7 cm³/mol. The van der Waals surface area contributed by atoms with Gasteiger partial charge < -0.3 is 9.84 Å². The Bertz CT molecular complexity index is 683. The molecule has 110 valence electrons. The lowest BCUT2D eigenvalue weighted by atomic mass is 9.97. The molecule has 0 unspecified atom stereocenters. The molecular formula is C14H14N2O5. The maximum atomic E-state index is 11.7. The van der Waals surface area contributed by atoms with Crippen molar-refractivity contribution in [2.45, 2.75) is 20.8 Å². The number of aliphatic imine (C=N–C) groups is 1. The monoisotopic (exact) mass is 290 g/mol. The molecule has 1 aromatic carbocycles. The molecule has 0 aliphatic carbocycles. The zero-order chi connectivity index (χ0) is 15.8. The van der Waals surface area contributed by atoms with Gasteiger partial charge in [-0.3, -0.25) is 10.1 Å². The van der Waals surface area contributed by atoms with E-state index in [1.54, 1.807) is 0 Å². The number of hydrogen-bond acceptors (Lipinski definition) is 6. The quantitative estimate of drug-likeness (QED) is 0.390. The fourth-order valence-corrected chi connectivity index (χ4v) is 1.67. The highest BCUT2D eigenvalue weighted by atomic mass is 16.6. The van der Waals surface area contributed by atoms with E-state index in [4.69, 9.17) is 4.74 Å². The molecule has 0 fully saturated rings. The fraction of sp³-hybridized carbons (Fsp3) is 0.286. The van der Waals surface area contributed by atoms with Gasteiger partial charge in [0.15, 0.2) is 11.4 Å². The van der Waals surface area contributed by atoms with Crippen LogP contribution >= 0.6 is 0 Å². The molecule has 0 spiro atoms. The molecule has 2 rings (SSSR count). The van der Waals surface area contributed by atoms with E-state index in [9.17, 15) is 20.0 Å². The summed E-state index contributed by atoms with van der Waals surface area (Å²) < 4.78 is 5.07. The Morgan fingerprint density at radius 2 is 2.05 bits per heavy atom. The minimum atomic E-state index is -0.689. The standard InChI is InChI=1S/C14H14N2O5/c1-14(2,3)13-15-9(12(18)21-13)6-8-4-5-10(16(19)20)11(17)7-8/h4-7,17H,1-3H3/b9-6-. The van der Waals surface area contributed by atoms with Crippen LogP contribution in [-0.2, 0) is 9.53 Å². The van der Waals surface area contributed by atoms with E-state index >= 15 is 0 Å². The van der Waals surface area contributed by atoms with Gasteiger partial charge in [-0.2, -0.15) is 0 Å². The smallest absolute Gasteiger partial charge is 0.363 e. The molecule has 1 aromatic rings. The van der Waals surface area contributed by atoms with Gasteiger partial charge in [-0.05, 0) is 23.8 Å². The number of aromatic hydroxyl groups is 1. The van der Waals surface area contributed by atoms with Crippen LogP contribution in [-0.4, -0.2) is 21.9 Å². The Labute approximate surface area is 120 Å². The average molecular weight is 290 g/mol. The normalized spacial score (nSPS) is 16.8. The molecule has 1 aliphatic rings. The Morgan fingerprint density at radius 3 is 2.52 bits per heavy atom. The van der Waals surface area contributed by atoms with Crippen LogP contribution in [0.2, 0.25) is 0 Å². The number of nitro groups is 1. The molecule has 1 aliphatic heterocycles. The summed E-state index contributed by atoms with van der Waals surface area (Å²) in [5, 5.41) is 20.2. The Hall–Kier alpha value is -2.70. The first-order valence-electron chi connectivity index (χ1n) is 6.19. The number of esters is 1. The number of cyclic esters (lactones) is 1. The molecule has 0 saturated carbocycles. The molecule has 0 atom stereocenters. The van der Waals surface area contributed by atoms with Gasteiger partial charge in [0.1, 0.15) is 0 Å². The van der Waals surface area contributed by atoms with Gasteiger partial charge in [-0.25, -0.2) is 9.79 Å². The van der Waals surface area contributed by atoms with E-state index in [0.29, 0.717) is 11.5 Å². The first-order chi connectivity index (χ1) is 9.68. The van der Waals surface area contributed by atoms with Gasteiger partial charge in [0, 0.05) is 11.5 Å². The lowest BCUT2D eigenvalue weighted by Gasteiger charge is -2.15. The highest BCUT2D eigenvalue weighted by Gasteiger charge is 2.31. The second-order valence-corrected chi connectivity index (χ2v) is 5.59. The third-order valence-electron chi connectivity index (χ3n) is 2.76. The van der Waals surface area contributed by atoms with E-state index in [-0.39, 0.29) is 5.70 Å². The van der Waals surface area contributed by atoms with Gasteiger partial charge in [0.25, 0.3) is 0 Å². The van der Waals surface area contributed by atoms with Crippen LogP contribution in [0, 0.1) is 15.5 Å². The van der Waals surface area contributed by atoms with Gasteiger partial charge in [0.2, 0.25) is 5.90 Å². The maximum Gasteiger partial charge on any atom is 0.363 e. The van der Waals surface area contributed by atoms with Crippen molar-refractivity contribution < 1.29 is 19.6 Å². The first kappa shape index (κ1) is 14.7. The summed E-state index contributed by atoms with van der Waals surface area (Å²) >= 11 is 0. The highest BCUT2D eigenvalue weighted by molar-refractivity contribution is 6.08. The third-order valence-corrected chi connectivity index (χ3v) is 2.76. The first-order valence-corrected chi connectivity index (χ1v) is 6.19. The molecule has 0 bridgehead atoms. The van der Waals surface area contributed by atoms with Crippen molar-refractivity contribution in [3.8, 4) is 5.75 Å². The Kier molecular flexibility index (Phi) is 3.51. The zero-order valence-electron chi connectivity index (χ0n) is 11.8. The second kappa shape index (κ2) is 5.01. The number of phenolic OH excluding ortho intramolecular Hbond substituents is 1. The number of nitrogens with zero attached hydrogens (tertiary/aromatic N) is 2. The number of benzene rings is 1. The predicted octanol–water partition coefficient (Wildman–Crippen LogP) is 2.64. The summed E-state index contributed by atoms with van der Waals surface area (Å²) in [4.78, 5) is 25.8. The summed E-state index contributed by atoms with van der Waals surface area (Å²) in [6.45, 7) is 5.58. The van der Waals surface area contributed by atoms with Crippen LogP contribution < -0.4 is 0 Å². The van der Waals surface area contributed by atoms with Crippen molar-refractivity contribution in [3.63, 3.8) is 0 Å². The summed E-state index contributed by atoms with van der Waals surface area (Å²) in [5.74, 6) is -0.747. The SMILES string of the molecule is CC(C)(C)C1=N/C(=C\c2ccc([N+](=O)[O-])c(O)c2)C(=O)O1. The van der Waals surface area contributed by atoms with Crippen molar-refractivity contribution in [2.24, 2.45) is 10.4 Å². The van der Waals surface area contributed by atoms with Crippen molar-refractivity contribution in [2.75, 3.05) is 0 Å². The lowest BCUT2D eigenvalue weighted by molar-refractivity contribution is -0.385. The number of carbonyl (C=O) groups excluding carboxylic acids is 1. The summed E-state index contributed by atoms with van der Waals surface area (Å²) in [6, 6.07) is 3.78. The molecule has 0 amide bonds. The van der Waals surface area contributed by atoms with E-state index in [1.165, 1.54) is 18.2 Å². The number of nitro benzene ring substituents is 1. The van der Waals surface area contributed by atoms with Crippen LogP contribution in [0.25, 0.3) is 6.08 Å². The van der Waals surface area contributed by atoms with Gasteiger partial charge in [-0.15, -0.1) is 0 Å². The Morgan fingerprint density at radius 1 is 1.38 bits per heavy atom.